The predicted octanol–water partition coefficient (Wildman–Crippen LogP) is -0.653. The van der Waals surface area contributed by atoms with Crippen LogP contribution in [0.3, 0.4) is 0 Å². The van der Waals surface area contributed by atoms with E-state index in [0.29, 0.717) is 5.75 Å². The number of nitrogens with one attached hydrogen (secondary N) is 1. The van der Waals surface area contributed by atoms with Crippen LogP contribution >= 0.6 is 0 Å². The van der Waals surface area contributed by atoms with Gasteiger partial charge in [0.1, 0.15) is 30.2 Å². The smallest absolute Gasteiger partial charge is 0.229 e. The van der Waals surface area contributed by atoms with E-state index in [4.69, 9.17) is 14.6 Å². The van der Waals surface area contributed by atoms with Crippen LogP contribution < -0.4 is 4.74 Å². The van der Waals surface area contributed by atoms with E-state index >= 15 is 0 Å². The molecule has 1 aliphatic rings. The second-order valence-corrected chi connectivity index (χ2v) is 5.01. The predicted molar refractivity (Wildman–Crippen MR) is 72.7 cm³/mol. The zero-order chi connectivity index (χ0) is 15.0. The van der Waals surface area contributed by atoms with E-state index in [1.165, 1.54) is 0 Å². The van der Waals surface area contributed by atoms with Crippen LogP contribution in [0.15, 0.2) is 30.5 Å². The van der Waals surface area contributed by atoms with Crippen molar-refractivity contribution in [2.45, 2.75) is 30.7 Å². The molecule has 0 unspecified atom stereocenters. The minimum absolute atomic E-state index is 0.454. The number of aromatic amines is 1. The molecule has 2 aromatic rings. The molecular weight excluding hydrogens is 278 g/mol. The first kappa shape index (κ1) is 14.3. The summed E-state index contributed by atoms with van der Waals surface area (Å²) in [4.78, 5) is 3.01. The fourth-order valence-electron chi connectivity index (χ4n) is 2.43. The molecule has 0 aliphatic carbocycles. The SMILES string of the molecule is OC[C@H]1O[C@@H](Oc2c[nH]c3ccccc23)[C@H](O)[C@H](O)[C@@H]1O. The molecule has 3 rings (SSSR count). The molecule has 7 heteroatoms. The average molecular weight is 295 g/mol. The number of rotatable bonds is 3. The van der Waals surface area contributed by atoms with Gasteiger partial charge in [-0.05, 0) is 12.1 Å². The summed E-state index contributed by atoms with van der Waals surface area (Å²) in [6.45, 7) is -0.487. The summed E-state index contributed by atoms with van der Waals surface area (Å²) in [5, 5.41) is 39.3. The van der Waals surface area contributed by atoms with Gasteiger partial charge in [-0.15, -0.1) is 0 Å². The summed E-state index contributed by atoms with van der Waals surface area (Å²) in [6.07, 6.45) is -4.82. The largest absolute Gasteiger partial charge is 0.460 e. The van der Waals surface area contributed by atoms with Crippen LogP contribution in [-0.4, -0.2) is 62.7 Å². The highest BCUT2D eigenvalue weighted by molar-refractivity contribution is 5.85. The van der Waals surface area contributed by atoms with Crippen molar-refractivity contribution in [2.24, 2.45) is 0 Å². The Kier molecular flexibility index (Phi) is 3.83. The molecule has 114 valence electrons. The van der Waals surface area contributed by atoms with Gasteiger partial charge in [0, 0.05) is 17.1 Å². The molecule has 1 aliphatic heterocycles. The second-order valence-electron chi connectivity index (χ2n) is 5.01. The van der Waals surface area contributed by atoms with Crippen LogP contribution in [0, 0.1) is 0 Å². The van der Waals surface area contributed by atoms with Crippen LogP contribution in [-0.2, 0) is 4.74 Å². The quantitative estimate of drug-likeness (QED) is 0.514. The van der Waals surface area contributed by atoms with Gasteiger partial charge in [0.15, 0.2) is 0 Å². The molecule has 0 amide bonds. The summed E-state index contributed by atoms with van der Waals surface area (Å²) in [6, 6.07) is 7.42. The third kappa shape index (κ3) is 2.50. The van der Waals surface area contributed by atoms with Crippen LogP contribution in [0.2, 0.25) is 0 Å². The summed E-state index contributed by atoms with van der Waals surface area (Å²) in [5.74, 6) is 0.454. The molecule has 2 heterocycles. The summed E-state index contributed by atoms with van der Waals surface area (Å²) in [5.41, 5.74) is 0.858. The van der Waals surface area contributed by atoms with Gasteiger partial charge in [-0.3, -0.25) is 0 Å². The highest BCUT2D eigenvalue weighted by atomic mass is 16.7. The third-order valence-corrected chi connectivity index (χ3v) is 3.64. The fraction of sp³-hybridized carbons (Fsp3) is 0.429. The van der Waals surface area contributed by atoms with E-state index in [-0.39, 0.29) is 0 Å². The van der Waals surface area contributed by atoms with Gasteiger partial charge in [-0.2, -0.15) is 0 Å². The zero-order valence-corrected chi connectivity index (χ0v) is 11.1. The minimum atomic E-state index is -1.45. The Bertz CT molecular complexity index is 612. The number of para-hydroxylation sites is 1. The summed E-state index contributed by atoms with van der Waals surface area (Å²) >= 11 is 0. The van der Waals surface area contributed by atoms with Gasteiger partial charge in [0.05, 0.1) is 6.61 Å². The number of aliphatic hydroxyl groups excluding tert-OH is 4. The highest BCUT2D eigenvalue weighted by Gasteiger charge is 2.44. The lowest BCUT2D eigenvalue weighted by Gasteiger charge is -2.39. The van der Waals surface area contributed by atoms with Crippen molar-refractivity contribution in [3.8, 4) is 5.75 Å². The topological polar surface area (TPSA) is 115 Å². The average Bonchev–Trinajstić information content (AvgIpc) is 2.91. The first-order valence-electron chi connectivity index (χ1n) is 6.65. The normalized spacial score (nSPS) is 33.2. The van der Waals surface area contributed by atoms with Gasteiger partial charge in [-0.1, -0.05) is 12.1 Å². The minimum Gasteiger partial charge on any atom is -0.460 e. The molecule has 1 saturated heterocycles. The number of hydrogen-bond acceptors (Lipinski definition) is 6. The van der Waals surface area contributed by atoms with E-state index in [0.717, 1.165) is 10.9 Å². The first-order valence-corrected chi connectivity index (χ1v) is 6.65. The number of benzene rings is 1. The Hall–Kier alpha value is -1.64. The maximum absolute atomic E-state index is 9.94. The van der Waals surface area contributed by atoms with Gasteiger partial charge < -0.3 is 34.9 Å². The second kappa shape index (κ2) is 5.63. The Labute approximate surface area is 120 Å². The number of fused-ring (bicyclic) bond motifs is 1. The van der Waals surface area contributed by atoms with Crippen molar-refractivity contribution in [1.82, 2.24) is 4.98 Å². The van der Waals surface area contributed by atoms with Crippen molar-refractivity contribution >= 4 is 10.9 Å². The lowest BCUT2D eigenvalue weighted by atomic mass is 9.99. The molecule has 0 spiro atoms. The van der Waals surface area contributed by atoms with Gasteiger partial charge in [0.2, 0.25) is 6.29 Å². The highest BCUT2D eigenvalue weighted by Crippen LogP contribution is 2.29. The fourth-order valence-corrected chi connectivity index (χ4v) is 2.43. The molecule has 5 atom stereocenters. The Morgan fingerprint density at radius 3 is 2.62 bits per heavy atom. The number of hydrogen-bond donors (Lipinski definition) is 5. The standard InChI is InChI=1S/C14H17NO6/c16-6-10-11(17)12(18)13(19)14(21-10)20-9-5-15-8-4-2-1-3-7(8)9/h1-5,10-19H,6H2/t10-,11-,12-,13-,14-/m1/s1. The molecule has 7 nitrogen and oxygen atoms in total. The number of ether oxygens (including phenoxy) is 2. The summed E-state index contributed by atoms with van der Waals surface area (Å²) in [7, 11) is 0. The molecule has 0 radical (unpaired) electrons. The molecule has 21 heavy (non-hydrogen) atoms. The third-order valence-electron chi connectivity index (χ3n) is 3.64. The van der Waals surface area contributed by atoms with Crippen LogP contribution in [0.4, 0.5) is 0 Å². The van der Waals surface area contributed by atoms with Crippen LogP contribution in [0.25, 0.3) is 10.9 Å². The van der Waals surface area contributed by atoms with Crippen molar-refractivity contribution in [3.05, 3.63) is 30.5 Å². The van der Waals surface area contributed by atoms with E-state index in [9.17, 15) is 15.3 Å². The van der Waals surface area contributed by atoms with Crippen LogP contribution in [0.5, 0.6) is 5.75 Å². The number of H-pyrrole nitrogens is 1. The van der Waals surface area contributed by atoms with E-state index in [1.54, 1.807) is 6.20 Å². The van der Waals surface area contributed by atoms with Crippen molar-refractivity contribution in [3.63, 3.8) is 0 Å². The monoisotopic (exact) mass is 295 g/mol. The van der Waals surface area contributed by atoms with Crippen molar-refractivity contribution in [2.75, 3.05) is 6.61 Å². The number of aliphatic hydroxyl groups is 4. The van der Waals surface area contributed by atoms with Gasteiger partial charge in [-0.25, -0.2) is 0 Å². The van der Waals surface area contributed by atoms with Gasteiger partial charge in [0.25, 0.3) is 0 Å². The maximum Gasteiger partial charge on any atom is 0.229 e. The molecular formula is C14H17NO6. The molecule has 0 bridgehead atoms. The van der Waals surface area contributed by atoms with E-state index < -0.39 is 37.3 Å². The van der Waals surface area contributed by atoms with Crippen LogP contribution in [0.1, 0.15) is 0 Å². The maximum atomic E-state index is 9.94. The van der Waals surface area contributed by atoms with Gasteiger partial charge >= 0.3 is 0 Å². The molecule has 0 saturated carbocycles. The van der Waals surface area contributed by atoms with E-state index in [2.05, 4.69) is 4.98 Å². The number of aromatic nitrogens is 1. The van der Waals surface area contributed by atoms with Crippen molar-refractivity contribution < 1.29 is 29.9 Å². The molecule has 1 aromatic heterocycles. The molecule has 5 N–H and O–H groups in total. The Balaban J connectivity index is 1.83. The Morgan fingerprint density at radius 1 is 1.10 bits per heavy atom. The molecule has 1 fully saturated rings. The molecule has 1 aromatic carbocycles. The zero-order valence-electron chi connectivity index (χ0n) is 11.1. The lowest BCUT2D eigenvalue weighted by Crippen LogP contribution is -2.60. The van der Waals surface area contributed by atoms with Crippen molar-refractivity contribution in [1.29, 1.82) is 0 Å². The first-order chi connectivity index (χ1) is 10.1. The summed E-state index contributed by atoms with van der Waals surface area (Å²) < 4.78 is 10.9. The lowest BCUT2D eigenvalue weighted by molar-refractivity contribution is -0.277. The Morgan fingerprint density at radius 2 is 1.86 bits per heavy atom. The van der Waals surface area contributed by atoms with E-state index in [1.807, 2.05) is 24.3 Å².